The van der Waals surface area contributed by atoms with Crippen molar-refractivity contribution in [3.8, 4) is 0 Å². The van der Waals surface area contributed by atoms with Gasteiger partial charge in [-0.1, -0.05) is 13.8 Å². The Kier molecular flexibility index (Phi) is 5.10. The molecule has 0 bridgehead atoms. The van der Waals surface area contributed by atoms with E-state index < -0.39 is 11.6 Å². The Bertz CT molecular complexity index is 311. The van der Waals surface area contributed by atoms with E-state index in [2.05, 4.69) is 5.32 Å². The molecule has 18 heavy (non-hydrogen) atoms. The molecule has 2 N–H and O–H groups in total. The van der Waals surface area contributed by atoms with Crippen molar-refractivity contribution in [1.82, 2.24) is 10.2 Å². The van der Waals surface area contributed by atoms with Crippen LogP contribution >= 0.6 is 0 Å². The number of nitrogens with one attached hydrogen (secondary N) is 1. The van der Waals surface area contributed by atoms with Crippen molar-refractivity contribution in [2.75, 3.05) is 26.2 Å². The fourth-order valence-corrected chi connectivity index (χ4v) is 1.89. The molecule has 6 nitrogen and oxygen atoms in total. The monoisotopic (exact) mass is 258 g/mol. The molecule has 0 atom stereocenters. The van der Waals surface area contributed by atoms with Gasteiger partial charge in [0.2, 0.25) is 5.91 Å². The van der Waals surface area contributed by atoms with E-state index in [0.29, 0.717) is 32.1 Å². The van der Waals surface area contributed by atoms with E-state index in [0.717, 1.165) is 0 Å². The van der Waals surface area contributed by atoms with E-state index in [1.54, 1.807) is 4.90 Å². The third-order valence-corrected chi connectivity index (χ3v) is 2.84. The van der Waals surface area contributed by atoms with Gasteiger partial charge in [0.25, 0.3) is 0 Å². The molecule has 1 aliphatic heterocycles. The molecule has 0 spiro atoms. The van der Waals surface area contributed by atoms with Crippen molar-refractivity contribution in [3.63, 3.8) is 0 Å². The van der Waals surface area contributed by atoms with Crippen LogP contribution in [0.15, 0.2) is 0 Å². The first kappa shape index (κ1) is 14.9. The maximum absolute atomic E-state index is 11.7. The van der Waals surface area contributed by atoms with Crippen molar-refractivity contribution < 1.29 is 19.4 Å². The van der Waals surface area contributed by atoms with Crippen molar-refractivity contribution in [2.24, 2.45) is 0 Å². The highest BCUT2D eigenvalue weighted by Crippen LogP contribution is 2.24. The summed E-state index contributed by atoms with van der Waals surface area (Å²) in [6.45, 7) is 7.19. The Morgan fingerprint density at radius 3 is 2.56 bits per heavy atom. The van der Waals surface area contributed by atoms with Crippen LogP contribution in [0.3, 0.4) is 0 Å². The third-order valence-electron chi connectivity index (χ3n) is 2.84. The fourth-order valence-electron chi connectivity index (χ4n) is 1.89. The van der Waals surface area contributed by atoms with Gasteiger partial charge in [0, 0.05) is 19.0 Å². The van der Waals surface area contributed by atoms with Crippen molar-refractivity contribution in [1.29, 1.82) is 0 Å². The standard InChI is InChI=1S/C12H22N2O4/c1-9(2)13-5-4-10(15)14-7-12(3,8-14)18-6-11(16)17/h9,13H,4-8H2,1-3H3,(H,16,17). The quantitative estimate of drug-likeness (QED) is 0.676. The number of likely N-dealkylation sites (tertiary alicyclic amines) is 1. The number of carbonyl (C=O) groups is 2. The average Bonchev–Trinajstić information content (AvgIpc) is 2.21. The molecular formula is C12H22N2O4. The third kappa shape index (κ3) is 4.62. The van der Waals surface area contributed by atoms with E-state index in [1.807, 2.05) is 20.8 Å². The van der Waals surface area contributed by atoms with Crippen molar-refractivity contribution >= 4 is 11.9 Å². The van der Waals surface area contributed by atoms with Crippen LogP contribution in [-0.4, -0.2) is 59.8 Å². The molecule has 0 aromatic carbocycles. The largest absolute Gasteiger partial charge is 0.480 e. The highest BCUT2D eigenvalue weighted by atomic mass is 16.5. The fraction of sp³-hybridized carbons (Fsp3) is 0.833. The van der Waals surface area contributed by atoms with Crippen LogP contribution in [-0.2, 0) is 14.3 Å². The molecule has 1 amide bonds. The van der Waals surface area contributed by atoms with Gasteiger partial charge in [-0.05, 0) is 6.92 Å². The molecule has 1 rings (SSSR count). The van der Waals surface area contributed by atoms with Crippen LogP contribution in [0, 0.1) is 0 Å². The summed E-state index contributed by atoms with van der Waals surface area (Å²) in [6.07, 6.45) is 0.465. The number of amides is 1. The molecule has 104 valence electrons. The van der Waals surface area contributed by atoms with Gasteiger partial charge in [0.15, 0.2) is 0 Å². The summed E-state index contributed by atoms with van der Waals surface area (Å²) in [4.78, 5) is 23.8. The van der Waals surface area contributed by atoms with Crippen molar-refractivity contribution in [2.45, 2.75) is 38.8 Å². The second-order valence-electron chi connectivity index (χ2n) is 5.24. The predicted molar refractivity (Wildman–Crippen MR) is 66.3 cm³/mol. The number of hydrogen-bond donors (Lipinski definition) is 2. The summed E-state index contributed by atoms with van der Waals surface area (Å²) < 4.78 is 5.24. The van der Waals surface area contributed by atoms with E-state index in [9.17, 15) is 9.59 Å². The Morgan fingerprint density at radius 1 is 1.44 bits per heavy atom. The molecule has 0 radical (unpaired) electrons. The summed E-state index contributed by atoms with van der Waals surface area (Å²) in [5, 5.41) is 11.7. The summed E-state index contributed by atoms with van der Waals surface area (Å²) in [7, 11) is 0. The number of nitrogens with zero attached hydrogens (tertiary/aromatic N) is 1. The maximum Gasteiger partial charge on any atom is 0.329 e. The molecule has 0 aliphatic carbocycles. The van der Waals surface area contributed by atoms with Gasteiger partial charge in [0.05, 0.1) is 13.1 Å². The number of rotatable bonds is 7. The second-order valence-corrected chi connectivity index (χ2v) is 5.24. The van der Waals surface area contributed by atoms with Crippen LogP contribution in [0.25, 0.3) is 0 Å². The normalized spacial score (nSPS) is 17.7. The van der Waals surface area contributed by atoms with Gasteiger partial charge in [-0.2, -0.15) is 0 Å². The number of aliphatic carboxylic acids is 1. The summed E-state index contributed by atoms with van der Waals surface area (Å²) >= 11 is 0. The molecule has 6 heteroatoms. The Balaban J connectivity index is 2.20. The number of carbonyl (C=O) groups excluding carboxylic acids is 1. The number of hydrogen-bond acceptors (Lipinski definition) is 4. The van der Waals surface area contributed by atoms with Gasteiger partial charge in [0.1, 0.15) is 12.2 Å². The second kappa shape index (κ2) is 6.15. The molecule has 1 fully saturated rings. The Morgan fingerprint density at radius 2 is 2.06 bits per heavy atom. The molecule has 0 aromatic rings. The smallest absolute Gasteiger partial charge is 0.329 e. The first-order valence-electron chi connectivity index (χ1n) is 6.19. The van der Waals surface area contributed by atoms with E-state index in [1.165, 1.54) is 0 Å². The SMILES string of the molecule is CC(C)NCCC(=O)N1CC(C)(OCC(=O)O)C1. The van der Waals surface area contributed by atoms with Crippen LogP contribution in [0.5, 0.6) is 0 Å². The van der Waals surface area contributed by atoms with Gasteiger partial charge < -0.3 is 20.1 Å². The van der Waals surface area contributed by atoms with E-state index in [4.69, 9.17) is 9.84 Å². The topological polar surface area (TPSA) is 78.9 Å². The van der Waals surface area contributed by atoms with Gasteiger partial charge >= 0.3 is 5.97 Å². The molecule has 0 aromatic heterocycles. The lowest BCUT2D eigenvalue weighted by molar-refractivity contribution is -0.173. The van der Waals surface area contributed by atoms with E-state index in [-0.39, 0.29) is 12.5 Å². The van der Waals surface area contributed by atoms with E-state index >= 15 is 0 Å². The predicted octanol–water partition coefficient (Wildman–Crippen LogP) is 0.0766. The summed E-state index contributed by atoms with van der Waals surface area (Å²) in [5.41, 5.74) is -0.500. The molecule has 0 saturated carbocycles. The van der Waals surface area contributed by atoms with Crippen LogP contribution in [0.2, 0.25) is 0 Å². The molecular weight excluding hydrogens is 236 g/mol. The van der Waals surface area contributed by atoms with Crippen molar-refractivity contribution in [3.05, 3.63) is 0 Å². The van der Waals surface area contributed by atoms with Crippen LogP contribution in [0.1, 0.15) is 27.2 Å². The minimum absolute atomic E-state index is 0.0829. The zero-order valence-electron chi connectivity index (χ0n) is 11.2. The zero-order chi connectivity index (χ0) is 13.8. The first-order valence-corrected chi connectivity index (χ1v) is 6.19. The average molecular weight is 258 g/mol. The van der Waals surface area contributed by atoms with Gasteiger partial charge in [-0.3, -0.25) is 4.79 Å². The zero-order valence-corrected chi connectivity index (χ0v) is 11.2. The van der Waals surface area contributed by atoms with Gasteiger partial charge in [-0.15, -0.1) is 0 Å². The maximum atomic E-state index is 11.7. The molecule has 1 heterocycles. The minimum Gasteiger partial charge on any atom is -0.480 e. The lowest BCUT2D eigenvalue weighted by Gasteiger charge is -2.47. The Labute approximate surface area is 107 Å². The number of carboxylic acids is 1. The highest BCUT2D eigenvalue weighted by Gasteiger charge is 2.42. The minimum atomic E-state index is -0.984. The number of carboxylic acid groups (broad SMARTS) is 1. The van der Waals surface area contributed by atoms with Crippen LogP contribution < -0.4 is 5.32 Å². The number of ether oxygens (including phenoxy) is 1. The summed E-state index contributed by atoms with van der Waals surface area (Å²) in [6, 6.07) is 0.373. The lowest BCUT2D eigenvalue weighted by atomic mass is 9.96. The summed E-state index contributed by atoms with van der Waals surface area (Å²) in [5.74, 6) is -0.901. The Hall–Kier alpha value is -1.14. The lowest BCUT2D eigenvalue weighted by Crippen LogP contribution is -2.63. The molecule has 1 aliphatic rings. The van der Waals surface area contributed by atoms with Crippen LogP contribution in [0.4, 0.5) is 0 Å². The molecule has 1 saturated heterocycles. The van der Waals surface area contributed by atoms with Gasteiger partial charge in [-0.25, -0.2) is 4.79 Å². The first-order chi connectivity index (χ1) is 8.32. The molecule has 0 unspecified atom stereocenters. The highest BCUT2D eigenvalue weighted by molar-refractivity contribution is 5.77.